The number of anilines is 1. The Morgan fingerprint density at radius 1 is 1.19 bits per heavy atom. The van der Waals surface area contributed by atoms with Crippen molar-refractivity contribution in [3.8, 4) is 0 Å². The van der Waals surface area contributed by atoms with Gasteiger partial charge in [-0.3, -0.25) is 4.79 Å². The highest BCUT2D eigenvalue weighted by atomic mass is 35.5. The highest BCUT2D eigenvalue weighted by molar-refractivity contribution is 6.32. The van der Waals surface area contributed by atoms with Gasteiger partial charge in [0.25, 0.3) is 5.91 Å². The van der Waals surface area contributed by atoms with Crippen LogP contribution < -0.4 is 10.9 Å². The van der Waals surface area contributed by atoms with E-state index in [0.29, 0.717) is 11.0 Å². The number of para-hydroxylation sites is 1. The second-order valence-corrected chi connectivity index (χ2v) is 4.49. The summed E-state index contributed by atoms with van der Waals surface area (Å²) in [6.45, 7) is 0. The van der Waals surface area contributed by atoms with Crippen LogP contribution in [0.25, 0.3) is 11.0 Å². The molecule has 0 saturated carbocycles. The van der Waals surface area contributed by atoms with Gasteiger partial charge in [0.2, 0.25) is 0 Å². The van der Waals surface area contributed by atoms with Crippen LogP contribution in [-0.4, -0.2) is 15.9 Å². The molecule has 0 bridgehead atoms. The zero-order chi connectivity index (χ0) is 14.8. The highest BCUT2D eigenvalue weighted by Gasteiger charge is 2.15. The van der Waals surface area contributed by atoms with Crippen LogP contribution in [-0.2, 0) is 0 Å². The maximum absolute atomic E-state index is 12.1. The zero-order valence-electron chi connectivity index (χ0n) is 10.5. The third kappa shape index (κ3) is 2.61. The molecule has 0 aliphatic heterocycles. The Hall–Kier alpha value is -2.73. The molecule has 1 amide bonds. The lowest BCUT2D eigenvalue weighted by molar-refractivity contribution is 0.102. The van der Waals surface area contributed by atoms with Gasteiger partial charge in [0.1, 0.15) is 11.1 Å². The lowest BCUT2D eigenvalue weighted by Gasteiger charge is -2.05. The van der Waals surface area contributed by atoms with E-state index in [9.17, 15) is 9.59 Å². The Labute approximate surface area is 123 Å². The van der Waals surface area contributed by atoms with Crippen LogP contribution in [0.2, 0.25) is 5.15 Å². The maximum Gasteiger partial charge on any atom is 0.349 e. The van der Waals surface area contributed by atoms with E-state index in [2.05, 4.69) is 15.3 Å². The fourth-order valence-electron chi connectivity index (χ4n) is 1.80. The van der Waals surface area contributed by atoms with Crippen molar-refractivity contribution in [1.29, 1.82) is 0 Å². The van der Waals surface area contributed by atoms with Crippen molar-refractivity contribution >= 4 is 34.3 Å². The Morgan fingerprint density at radius 3 is 2.76 bits per heavy atom. The molecule has 0 atom stereocenters. The van der Waals surface area contributed by atoms with Crippen LogP contribution in [0.3, 0.4) is 0 Å². The number of carbonyl (C=O) groups is 1. The fourth-order valence-corrected chi connectivity index (χ4v) is 1.95. The predicted molar refractivity (Wildman–Crippen MR) is 77.5 cm³/mol. The van der Waals surface area contributed by atoms with Crippen LogP contribution in [0, 0.1) is 0 Å². The number of halogens is 1. The Balaban J connectivity index is 2.00. The number of rotatable bonds is 2. The second kappa shape index (κ2) is 5.34. The molecule has 0 aliphatic carbocycles. The number of nitrogens with zero attached hydrogens (tertiary/aromatic N) is 2. The molecule has 6 nitrogen and oxygen atoms in total. The SMILES string of the molecule is O=C(Nc1nccnc1Cl)c1cc2ccccc2oc1=O. The molecular formula is C14H8ClN3O3. The number of benzene rings is 1. The summed E-state index contributed by atoms with van der Waals surface area (Å²) in [6, 6.07) is 8.37. The number of hydrogen-bond acceptors (Lipinski definition) is 5. The molecule has 104 valence electrons. The Kier molecular flexibility index (Phi) is 3.37. The van der Waals surface area contributed by atoms with Gasteiger partial charge in [0.15, 0.2) is 11.0 Å². The van der Waals surface area contributed by atoms with Gasteiger partial charge in [-0.25, -0.2) is 14.8 Å². The molecule has 3 rings (SSSR count). The third-order valence-electron chi connectivity index (χ3n) is 2.77. The van der Waals surface area contributed by atoms with Gasteiger partial charge in [-0.05, 0) is 12.1 Å². The lowest BCUT2D eigenvalue weighted by atomic mass is 10.2. The van der Waals surface area contributed by atoms with Crippen LogP contribution in [0.5, 0.6) is 0 Å². The number of carbonyl (C=O) groups excluding carboxylic acids is 1. The number of nitrogens with one attached hydrogen (secondary N) is 1. The van der Waals surface area contributed by atoms with Crippen LogP contribution in [0.15, 0.2) is 51.9 Å². The van der Waals surface area contributed by atoms with Crippen molar-refractivity contribution in [1.82, 2.24) is 9.97 Å². The molecule has 2 heterocycles. The summed E-state index contributed by atoms with van der Waals surface area (Å²) < 4.78 is 5.10. The van der Waals surface area contributed by atoms with E-state index < -0.39 is 11.5 Å². The minimum atomic E-state index is -0.730. The molecule has 0 unspecified atom stereocenters. The molecule has 2 aromatic heterocycles. The standard InChI is InChI=1S/C14H8ClN3O3/c15-11-12(17-6-5-16-11)18-13(19)9-7-8-3-1-2-4-10(8)21-14(9)20/h1-7H,(H,17,18,19). The van der Waals surface area contributed by atoms with Gasteiger partial charge in [0, 0.05) is 17.8 Å². The maximum atomic E-state index is 12.1. The summed E-state index contributed by atoms with van der Waals surface area (Å²) in [7, 11) is 0. The van der Waals surface area contributed by atoms with Gasteiger partial charge in [-0.2, -0.15) is 0 Å². The molecule has 0 radical (unpaired) electrons. The number of aromatic nitrogens is 2. The van der Waals surface area contributed by atoms with Crippen molar-refractivity contribution in [2.24, 2.45) is 0 Å². The topological polar surface area (TPSA) is 85.1 Å². The first-order valence-electron chi connectivity index (χ1n) is 5.96. The summed E-state index contributed by atoms with van der Waals surface area (Å²) in [5.74, 6) is -0.575. The van der Waals surface area contributed by atoms with Crippen LogP contribution in [0.1, 0.15) is 10.4 Å². The van der Waals surface area contributed by atoms with E-state index in [4.69, 9.17) is 16.0 Å². The Morgan fingerprint density at radius 2 is 1.95 bits per heavy atom. The first-order valence-corrected chi connectivity index (χ1v) is 6.34. The van der Waals surface area contributed by atoms with E-state index >= 15 is 0 Å². The lowest BCUT2D eigenvalue weighted by Crippen LogP contribution is -2.21. The van der Waals surface area contributed by atoms with Crippen molar-refractivity contribution in [3.63, 3.8) is 0 Å². The molecule has 21 heavy (non-hydrogen) atoms. The van der Waals surface area contributed by atoms with E-state index in [-0.39, 0.29) is 16.5 Å². The van der Waals surface area contributed by atoms with E-state index in [0.717, 1.165) is 0 Å². The van der Waals surface area contributed by atoms with Gasteiger partial charge < -0.3 is 9.73 Å². The number of hydrogen-bond donors (Lipinski definition) is 1. The predicted octanol–water partition coefficient (Wildman–Crippen LogP) is 2.49. The average Bonchev–Trinajstić information content (AvgIpc) is 2.49. The van der Waals surface area contributed by atoms with E-state index in [1.165, 1.54) is 18.5 Å². The Bertz CT molecular complexity index is 892. The molecule has 7 heteroatoms. The third-order valence-corrected chi connectivity index (χ3v) is 3.05. The van der Waals surface area contributed by atoms with Crippen LogP contribution in [0.4, 0.5) is 5.82 Å². The molecule has 0 aliphatic rings. The number of amides is 1. The second-order valence-electron chi connectivity index (χ2n) is 4.14. The smallest absolute Gasteiger partial charge is 0.349 e. The van der Waals surface area contributed by atoms with Crippen molar-refractivity contribution in [2.75, 3.05) is 5.32 Å². The molecule has 0 saturated heterocycles. The first-order chi connectivity index (χ1) is 10.1. The fraction of sp³-hybridized carbons (Fsp3) is 0. The average molecular weight is 302 g/mol. The summed E-state index contributed by atoms with van der Waals surface area (Å²) >= 11 is 5.80. The molecule has 0 fully saturated rings. The minimum Gasteiger partial charge on any atom is -0.422 e. The van der Waals surface area contributed by atoms with Gasteiger partial charge in [0.05, 0.1) is 0 Å². The van der Waals surface area contributed by atoms with Gasteiger partial charge >= 0.3 is 5.63 Å². The summed E-state index contributed by atoms with van der Waals surface area (Å²) in [6.07, 6.45) is 2.77. The summed E-state index contributed by atoms with van der Waals surface area (Å²) in [5.41, 5.74) is -0.446. The van der Waals surface area contributed by atoms with Crippen molar-refractivity contribution in [2.45, 2.75) is 0 Å². The quantitative estimate of drug-likeness (QED) is 0.735. The normalized spacial score (nSPS) is 10.5. The summed E-state index contributed by atoms with van der Waals surface area (Å²) in [4.78, 5) is 31.6. The van der Waals surface area contributed by atoms with Gasteiger partial charge in [-0.15, -0.1) is 0 Å². The summed E-state index contributed by atoms with van der Waals surface area (Å²) in [5, 5.41) is 3.11. The van der Waals surface area contributed by atoms with Gasteiger partial charge in [-0.1, -0.05) is 29.8 Å². The largest absolute Gasteiger partial charge is 0.422 e. The van der Waals surface area contributed by atoms with E-state index in [1.807, 2.05) is 0 Å². The minimum absolute atomic E-state index is 0.0380. The van der Waals surface area contributed by atoms with Crippen molar-refractivity contribution in [3.05, 3.63) is 63.9 Å². The first kappa shape index (κ1) is 13.3. The highest BCUT2D eigenvalue weighted by Crippen LogP contribution is 2.16. The zero-order valence-corrected chi connectivity index (χ0v) is 11.3. The van der Waals surface area contributed by atoms with Crippen LogP contribution >= 0.6 is 11.6 Å². The molecule has 1 N–H and O–H groups in total. The molecular weight excluding hydrogens is 294 g/mol. The molecule has 1 aromatic carbocycles. The van der Waals surface area contributed by atoms with E-state index in [1.54, 1.807) is 24.3 Å². The van der Waals surface area contributed by atoms with Crippen molar-refractivity contribution < 1.29 is 9.21 Å². The number of fused-ring (bicyclic) bond motifs is 1. The molecule has 3 aromatic rings. The molecule has 0 spiro atoms. The monoisotopic (exact) mass is 301 g/mol.